The zero-order chi connectivity index (χ0) is 18.1. The van der Waals surface area contributed by atoms with Gasteiger partial charge in [-0.05, 0) is 33.1 Å². The van der Waals surface area contributed by atoms with Crippen LogP contribution in [0.4, 0.5) is 0 Å². The highest BCUT2D eigenvalue weighted by Crippen LogP contribution is 2.26. The summed E-state index contributed by atoms with van der Waals surface area (Å²) < 4.78 is 7.38. The monoisotopic (exact) mass is 357 g/mol. The number of aryl methyl sites for hydroxylation is 1. The lowest BCUT2D eigenvalue weighted by Crippen LogP contribution is -2.36. The molecule has 0 bridgehead atoms. The van der Waals surface area contributed by atoms with Gasteiger partial charge < -0.3 is 14.0 Å². The summed E-state index contributed by atoms with van der Waals surface area (Å²) in [6, 6.07) is 2.18. The van der Waals surface area contributed by atoms with Gasteiger partial charge >= 0.3 is 0 Å². The van der Waals surface area contributed by atoms with Crippen LogP contribution in [0, 0.1) is 6.92 Å². The lowest BCUT2D eigenvalue weighted by Gasteiger charge is -2.32. The molecule has 7 nitrogen and oxygen atoms in total. The van der Waals surface area contributed by atoms with Gasteiger partial charge in [0.25, 0.3) is 0 Å². The van der Waals surface area contributed by atoms with Crippen molar-refractivity contribution in [2.45, 2.75) is 58.7 Å². The summed E-state index contributed by atoms with van der Waals surface area (Å²) in [6.45, 7) is 8.46. The standard InChI is InChI=1S/C19H27N5O2/c1-14-10-17(21-26-14)13-23-8-9-24-12-16(20-19(24)15(23)2)11-18(25)22-6-4-3-5-7-22/h10,12,15H,3-9,11,13H2,1-2H3/t15-/m0/s1. The maximum Gasteiger partial charge on any atom is 0.228 e. The van der Waals surface area contributed by atoms with E-state index in [-0.39, 0.29) is 11.9 Å². The summed E-state index contributed by atoms with van der Waals surface area (Å²) in [4.78, 5) is 21.7. The molecule has 0 unspecified atom stereocenters. The van der Waals surface area contributed by atoms with Crippen LogP contribution < -0.4 is 0 Å². The summed E-state index contributed by atoms with van der Waals surface area (Å²) in [6.07, 6.45) is 5.96. The molecule has 2 aliphatic rings. The van der Waals surface area contributed by atoms with Gasteiger partial charge in [-0.2, -0.15) is 0 Å². The second kappa shape index (κ2) is 7.23. The van der Waals surface area contributed by atoms with Crippen LogP contribution in [0.1, 0.15) is 55.2 Å². The van der Waals surface area contributed by atoms with Crippen LogP contribution in [0.2, 0.25) is 0 Å². The number of carbonyl (C=O) groups is 1. The van der Waals surface area contributed by atoms with Gasteiger partial charge in [-0.15, -0.1) is 0 Å². The van der Waals surface area contributed by atoms with Crippen LogP contribution in [0.25, 0.3) is 0 Å². The minimum atomic E-state index is 0.194. The van der Waals surface area contributed by atoms with Crippen LogP contribution in [-0.2, 0) is 24.3 Å². The summed E-state index contributed by atoms with van der Waals surface area (Å²) >= 11 is 0. The van der Waals surface area contributed by atoms with Gasteiger partial charge in [-0.25, -0.2) is 4.98 Å². The van der Waals surface area contributed by atoms with Crippen LogP contribution in [0.3, 0.4) is 0 Å². The van der Waals surface area contributed by atoms with Crippen molar-refractivity contribution in [2.24, 2.45) is 0 Å². The normalized spacial score (nSPS) is 21.0. The molecule has 1 fully saturated rings. The highest BCUT2D eigenvalue weighted by molar-refractivity contribution is 5.78. The molecule has 4 heterocycles. The van der Waals surface area contributed by atoms with E-state index in [1.54, 1.807) is 0 Å². The van der Waals surface area contributed by atoms with E-state index >= 15 is 0 Å². The third-order valence-corrected chi connectivity index (χ3v) is 5.49. The molecule has 1 saturated heterocycles. The zero-order valence-electron chi connectivity index (χ0n) is 15.6. The van der Waals surface area contributed by atoms with E-state index in [2.05, 4.69) is 27.7 Å². The molecule has 7 heteroatoms. The van der Waals surface area contributed by atoms with Crippen LogP contribution in [0.15, 0.2) is 16.8 Å². The van der Waals surface area contributed by atoms with Crippen LogP contribution >= 0.6 is 0 Å². The molecule has 4 rings (SSSR count). The van der Waals surface area contributed by atoms with Crippen molar-refractivity contribution in [2.75, 3.05) is 19.6 Å². The number of rotatable bonds is 4. The van der Waals surface area contributed by atoms with Crippen molar-refractivity contribution >= 4 is 5.91 Å². The third-order valence-electron chi connectivity index (χ3n) is 5.49. The van der Waals surface area contributed by atoms with E-state index in [0.717, 1.165) is 68.5 Å². The van der Waals surface area contributed by atoms with Gasteiger partial charge in [0.05, 0.1) is 23.9 Å². The predicted molar refractivity (Wildman–Crippen MR) is 96.4 cm³/mol. The van der Waals surface area contributed by atoms with E-state index in [9.17, 15) is 4.79 Å². The second-order valence-corrected chi connectivity index (χ2v) is 7.48. The molecule has 26 heavy (non-hydrogen) atoms. The molecular weight excluding hydrogens is 330 g/mol. The molecule has 2 aromatic rings. The van der Waals surface area contributed by atoms with Gasteiger partial charge in [0.15, 0.2) is 0 Å². The first-order valence-corrected chi connectivity index (χ1v) is 9.60. The highest BCUT2D eigenvalue weighted by Gasteiger charge is 2.28. The molecule has 0 N–H and O–H groups in total. The number of hydrogen-bond acceptors (Lipinski definition) is 5. The molecule has 140 valence electrons. The molecule has 2 aliphatic heterocycles. The number of nitrogens with zero attached hydrogens (tertiary/aromatic N) is 5. The number of fused-ring (bicyclic) bond motifs is 1. The minimum absolute atomic E-state index is 0.194. The van der Waals surface area contributed by atoms with Crippen molar-refractivity contribution in [3.8, 4) is 0 Å². The van der Waals surface area contributed by atoms with Gasteiger partial charge in [-0.3, -0.25) is 9.69 Å². The maximum absolute atomic E-state index is 12.5. The van der Waals surface area contributed by atoms with Crippen LogP contribution in [0.5, 0.6) is 0 Å². The summed E-state index contributed by atoms with van der Waals surface area (Å²) in [5, 5.41) is 4.10. The van der Waals surface area contributed by atoms with Gasteiger partial charge in [-0.1, -0.05) is 5.16 Å². The second-order valence-electron chi connectivity index (χ2n) is 7.48. The fourth-order valence-corrected chi connectivity index (χ4v) is 4.00. The van der Waals surface area contributed by atoms with Crippen molar-refractivity contribution in [3.63, 3.8) is 0 Å². The van der Waals surface area contributed by atoms with Gasteiger partial charge in [0.2, 0.25) is 5.91 Å². The lowest BCUT2D eigenvalue weighted by molar-refractivity contribution is -0.131. The first-order valence-electron chi connectivity index (χ1n) is 9.60. The summed E-state index contributed by atoms with van der Waals surface area (Å²) in [7, 11) is 0. The average Bonchev–Trinajstić information content (AvgIpc) is 3.24. The molecule has 1 amide bonds. The Kier molecular flexibility index (Phi) is 4.80. The first kappa shape index (κ1) is 17.3. The Morgan fingerprint density at radius 1 is 1.19 bits per heavy atom. The summed E-state index contributed by atoms with van der Waals surface area (Å²) in [5.41, 5.74) is 1.84. The fourth-order valence-electron chi connectivity index (χ4n) is 4.00. The van der Waals surface area contributed by atoms with Crippen molar-refractivity contribution in [3.05, 3.63) is 35.2 Å². The van der Waals surface area contributed by atoms with E-state index < -0.39 is 0 Å². The van der Waals surface area contributed by atoms with E-state index in [1.165, 1.54) is 6.42 Å². The number of aromatic nitrogens is 3. The van der Waals surface area contributed by atoms with Gasteiger partial charge in [0, 0.05) is 45.0 Å². The Morgan fingerprint density at radius 2 is 2.00 bits per heavy atom. The van der Waals surface area contributed by atoms with Crippen molar-refractivity contribution < 1.29 is 9.32 Å². The fraction of sp³-hybridized carbons (Fsp3) is 0.632. The van der Waals surface area contributed by atoms with E-state index in [1.807, 2.05) is 17.9 Å². The van der Waals surface area contributed by atoms with Crippen LogP contribution in [-0.4, -0.2) is 50.0 Å². The predicted octanol–water partition coefficient (Wildman–Crippen LogP) is 2.31. The third kappa shape index (κ3) is 3.53. The number of imidazole rings is 1. The Morgan fingerprint density at radius 3 is 2.73 bits per heavy atom. The number of likely N-dealkylation sites (tertiary alicyclic amines) is 1. The summed E-state index contributed by atoms with van der Waals surface area (Å²) in [5.74, 6) is 2.09. The number of piperidine rings is 1. The first-order chi connectivity index (χ1) is 12.6. The van der Waals surface area contributed by atoms with Crippen molar-refractivity contribution in [1.82, 2.24) is 24.5 Å². The Hall–Kier alpha value is -2.15. The quantitative estimate of drug-likeness (QED) is 0.840. The Bertz CT molecular complexity index is 775. The molecule has 1 atom stereocenters. The highest BCUT2D eigenvalue weighted by atomic mass is 16.5. The topological polar surface area (TPSA) is 67.4 Å². The molecular formula is C19H27N5O2. The minimum Gasteiger partial charge on any atom is -0.361 e. The average molecular weight is 357 g/mol. The molecule has 0 aromatic carbocycles. The number of amides is 1. The zero-order valence-corrected chi connectivity index (χ0v) is 15.6. The SMILES string of the molecule is Cc1cc(CN2CCn3cc(CC(=O)N4CCCCC4)nc3[C@@H]2C)no1. The van der Waals surface area contributed by atoms with E-state index in [0.29, 0.717) is 6.42 Å². The molecule has 0 saturated carbocycles. The van der Waals surface area contributed by atoms with Crippen molar-refractivity contribution in [1.29, 1.82) is 0 Å². The largest absolute Gasteiger partial charge is 0.361 e. The number of hydrogen-bond donors (Lipinski definition) is 0. The van der Waals surface area contributed by atoms with Gasteiger partial charge in [0.1, 0.15) is 11.6 Å². The Balaban J connectivity index is 1.43. The molecule has 0 spiro atoms. The van der Waals surface area contributed by atoms with E-state index in [4.69, 9.17) is 9.51 Å². The maximum atomic E-state index is 12.5. The molecule has 0 radical (unpaired) electrons. The molecule has 2 aromatic heterocycles. The molecule has 0 aliphatic carbocycles. The number of carbonyl (C=O) groups excluding carboxylic acids is 1. The smallest absolute Gasteiger partial charge is 0.228 e. The lowest BCUT2D eigenvalue weighted by atomic mass is 10.1. The Labute approximate surface area is 154 Å².